The molecule has 10 heteroatoms. The van der Waals surface area contributed by atoms with Crippen molar-refractivity contribution < 1.29 is 37.0 Å². The van der Waals surface area contributed by atoms with Gasteiger partial charge in [0.2, 0.25) is 0 Å². The van der Waals surface area contributed by atoms with Gasteiger partial charge in [0, 0.05) is 54.6 Å². The number of aryl methyl sites for hydroxylation is 1. The molecular formula is C29H36N2O7S. The van der Waals surface area contributed by atoms with E-state index in [0.717, 1.165) is 47.3 Å². The van der Waals surface area contributed by atoms with Crippen LogP contribution in [-0.4, -0.2) is 47.9 Å². The summed E-state index contributed by atoms with van der Waals surface area (Å²) in [5.41, 5.74) is 4.35. The maximum absolute atomic E-state index is 13.1. The van der Waals surface area contributed by atoms with Gasteiger partial charge in [0.1, 0.15) is 12.3 Å². The van der Waals surface area contributed by atoms with E-state index in [9.17, 15) is 22.6 Å². The molecule has 4 rings (SSSR count). The van der Waals surface area contributed by atoms with Crippen LogP contribution in [0.1, 0.15) is 75.5 Å². The molecule has 0 bridgehead atoms. The van der Waals surface area contributed by atoms with E-state index in [-0.39, 0.29) is 18.8 Å². The van der Waals surface area contributed by atoms with Crippen LogP contribution in [0, 0.1) is 0 Å². The predicted octanol–water partition coefficient (Wildman–Crippen LogP) is 3.80. The summed E-state index contributed by atoms with van der Waals surface area (Å²) >= 11 is 0. The van der Waals surface area contributed by atoms with Crippen molar-refractivity contribution in [1.29, 1.82) is 0 Å². The summed E-state index contributed by atoms with van der Waals surface area (Å²) in [4.78, 5) is 25.8. The fourth-order valence-corrected chi connectivity index (χ4v) is 6.03. The molecule has 39 heavy (non-hydrogen) atoms. The number of ether oxygens (including phenoxy) is 1. The number of carbonyl (C=O) groups excluding carboxylic acids is 1. The molecule has 0 saturated heterocycles. The Morgan fingerprint density at radius 3 is 2.56 bits per heavy atom. The number of benzene rings is 1. The highest BCUT2D eigenvalue weighted by Crippen LogP contribution is 2.44. The second kappa shape index (κ2) is 11.5. The average Bonchev–Trinajstić information content (AvgIpc) is 2.84. The van der Waals surface area contributed by atoms with E-state index < -0.39 is 33.3 Å². The number of esters is 1. The Kier molecular flexibility index (Phi) is 8.46. The van der Waals surface area contributed by atoms with Crippen LogP contribution >= 0.6 is 0 Å². The Bertz CT molecular complexity index is 1380. The van der Waals surface area contributed by atoms with E-state index in [0.29, 0.717) is 25.1 Å². The lowest BCUT2D eigenvalue weighted by Crippen LogP contribution is -2.46. The van der Waals surface area contributed by atoms with Crippen LogP contribution in [-0.2, 0) is 32.7 Å². The number of carboxylic acid groups (broad SMARTS) is 1. The number of anilines is 1. The number of fused-ring (bicyclic) bond motifs is 2. The summed E-state index contributed by atoms with van der Waals surface area (Å²) < 4.78 is 41.3. The van der Waals surface area contributed by atoms with E-state index >= 15 is 0 Å². The van der Waals surface area contributed by atoms with E-state index in [2.05, 4.69) is 17.0 Å². The summed E-state index contributed by atoms with van der Waals surface area (Å²) in [6, 6.07) is 7.80. The maximum atomic E-state index is 13.1. The highest BCUT2D eigenvalue weighted by atomic mass is 32.2. The molecule has 0 spiro atoms. The van der Waals surface area contributed by atoms with Crippen molar-refractivity contribution in [2.24, 2.45) is 0 Å². The summed E-state index contributed by atoms with van der Waals surface area (Å²) in [5.74, 6) is -1.44. The van der Waals surface area contributed by atoms with Gasteiger partial charge in [-0.2, -0.15) is 0 Å². The number of rotatable bonds is 11. The summed E-state index contributed by atoms with van der Waals surface area (Å²) in [7, 11) is -4.30. The van der Waals surface area contributed by atoms with Gasteiger partial charge >= 0.3 is 11.9 Å². The van der Waals surface area contributed by atoms with Gasteiger partial charge in [-0.05, 0) is 69.2 Å². The fraction of sp³-hybridized carbons (Fsp3) is 0.483. The van der Waals surface area contributed by atoms with Crippen LogP contribution in [0.2, 0.25) is 0 Å². The first-order valence-corrected chi connectivity index (χ1v) is 14.9. The van der Waals surface area contributed by atoms with Gasteiger partial charge in [-0.15, -0.1) is 0 Å². The van der Waals surface area contributed by atoms with Gasteiger partial charge in [-0.25, -0.2) is 13.0 Å². The van der Waals surface area contributed by atoms with Gasteiger partial charge in [-0.3, -0.25) is 9.59 Å². The Balaban J connectivity index is 1.50. The van der Waals surface area contributed by atoms with Crippen molar-refractivity contribution in [3.63, 3.8) is 0 Å². The van der Waals surface area contributed by atoms with Crippen molar-refractivity contribution in [2.45, 2.75) is 77.3 Å². The number of carboxylic acids is 1. The number of hydrogen-bond donors (Lipinski definition) is 1. The van der Waals surface area contributed by atoms with Gasteiger partial charge in [0.15, 0.2) is 12.4 Å². The quantitative estimate of drug-likeness (QED) is 0.146. The van der Waals surface area contributed by atoms with Crippen LogP contribution in [0.15, 0.2) is 42.7 Å². The van der Waals surface area contributed by atoms with Gasteiger partial charge < -0.3 is 19.3 Å². The molecule has 0 amide bonds. The molecule has 1 unspecified atom stereocenters. The van der Waals surface area contributed by atoms with Crippen molar-refractivity contribution in [3.05, 3.63) is 59.4 Å². The minimum atomic E-state index is -4.30. The fourth-order valence-electron chi connectivity index (χ4n) is 5.55. The summed E-state index contributed by atoms with van der Waals surface area (Å²) in [6.45, 7) is 7.26. The second-order valence-electron chi connectivity index (χ2n) is 11.0. The largest absolute Gasteiger partial charge is 0.748 e. The van der Waals surface area contributed by atoms with Gasteiger partial charge in [0.25, 0.3) is 0 Å². The zero-order chi connectivity index (χ0) is 28.4. The van der Waals surface area contributed by atoms with E-state index in [1.807, 2.05) is 55.9 Å². The summed E-state index contributed by atoms with van der Waals surface area (Å²) in [5, 5.41) is 8.75. The molecule has 2 aromatic rings. The SMILES string of the molecule is CC1=CC(C)(C)N(CCCS(=O)(=O)[O-])c2cc3c(cc21)CC(c1cc[n+](CCCCCC(=O)O)cc1)C(=O)O3. The third kappa shape index (κ3) is 7.05. The smallest absolute Gasteiger partial charge is 0.319 e. The molecule has 2 aliphatic heterocycles. The molecule has 9 nitrogen and oxygen atoms in total. The van der Waals surface area contributed by atoms with Crippen LogP contribution in [0.3, 0.4) is 0 Å². The molecule has 1 aromatic carbocycles. The number of unbranched alkanes of at least 4 members (excludes halogenated alkanes) is 2. The Hall–Kier alpha value is -3.24. The number of aliphatic carboxylic acids is 1. The molecular weight excluding hydrogens is 520 g/mol. The average molecular weight is 557 g/mol. The number of hydrogen-bond acceptors (Lipinski definition) is 7. The van der Waals surface area contributed by atoms with E-state index in [4.69, 9.17) is 9.84 Å². The number of pyridine rings is 1. The Morgan fingerprint density at radius 2 is 1.90 bits per heavy atom. The molecule has 210 valence electrons. The number of aromatic nitrogens is 1. The molecule has 1 aromatic heterocycles. The highest BCUT2D eigenvalue weighted by Gasteiger charge is 2.36. The van der Waals surface area contributed by atoms with E-state index in [1.54, 1.807) is 0 Å². The normalized spacial score (nSPS) is 18.2. The minimum Gasteiger partial charge on any atom is -0.748 e. The molecule has 1 atom stereocenters. The lowest BCUT2D eigenvalue weighted by atomic mass is 9.84. The molecule has 2 aliphatic rings. The van der Waals surface area contributed by atoms with Crippen molar-refractivity contribution in [3.8, 4) is 5.75 Å². The summed E-state index contributed by atoms with van der Waals surface area (Å²) in [6.07, 6.45) is 9.31. The lowest BCUT2D eigenvalue weighted by Gasteiger charge is -2.44. The number of allylic oxidation sites excluding steroid dienone is 1. The predicted molar refractivity (Wildman–Crippen MR) is 146 cm³/mol. The first-order valence-electron chi connectivity index (χ1n) is 13.3. The van der Waals surface area contributed by atoms with Crippen molar-refractivity contribution >= 4 is 33.3 Å². The molecule has 0 fully saturated rings. The first-order chi connectivity index (χ1) is 18.3. The van der Waals surface area contributed by atoms with Crippen LogP contribution in [0.25, 0.3) is 5.57 Å². The standard InChI is InChI=1S/C29H36N2O7S/c1-20-19-29(2,3)31(12-7-15-39(35,36)37)25-18-26-22(16-23(20)25)17-24(28(34)38-26)21-9-13-30(14-10-21)11-6-4-5-8-27(32)33/h9-10,13-14,16,18-19,24H,4-8,11-12,15,17H2,1-3H3,(H-,32,33,35,36,37). The minimum absolute atomic E-state index is 0.189. The molecule has 0 saturated carbocycles. The maximum Gasteiger partial charge on any atom is 0.319 e. The Morgan fingerprint density at radius 1 is 1.18 bits per heavy atom. The third-order valence-corrected chi connectivity index (χ3v) is 8.27. The molecule has 1 N–H and O–H groups in total. The monoisotopic (exact) mass is 556 g/mol. The Labute approximate surface area is 229 Å². The number of nitrogens with zero attached hydrogens (tertiary/aromatic N) is 2. The highest BCUT2D eigenvalue weighted by molar-refractivity contribution is 7.85. The van der Waals surface area contributed by atoms with Crippen molar-refractivity contribution in [2.75, 3.05) is 17.2 Å². The molecule has 0 aliphatic carbocycles. The zero-order valence-corrected chi connectivity index (χ0v) is 23.5. The number of carbonyl (C=O) groups is 2. The second-order valence-corrected chi connectivity index (χ2v) is 12.5. The molecule has 3 heterocycles. The van der Waals surface area contributed by atoms with Crippen LogP contribution < -0.4 is 14.2 Å². The third-order valence-electron chi connectivity index (χ3n) is 7.48. The zero-order valence-electron chi connectivity index (χ0n) is 22.7. The van der Waals surface area contributed by atoms with Crippen LogP contribution in [0.4, 0.5) is 5.69 Å². The van der Waals surface area contributed by atoms with Gasteiger partial charge in [0.05, 0.1) is 21.6 Å². The van der Waals surface area contributed by atoms with E-state index in [1.165, 1.54) is 0 Å². The first kappa shape index (κ1) is 28.8. The van der Waals surface area contributed by atoms with Crippen molar-refractivity contribution in [1.82, 2.24) is 0 Å². The van der Waals surface area contributed by atoms with Gasteiger partial charge in [-0.1, -0.05) is 6.08 Å². The lowest BCUT2D eigenvalue weighted by molar-refractivity contribution is -0.697. The van der Waals surface area contributed by atoms with Crippen LogP contribution in [0.5, 0.6) is 5.75 Å². The molecule has 0 radical (unpaired) electrons. The topological polar surface area (TPSA) is 128 Å².